The molecule has 1 amide bonds. The monoisotopic (exact) mass is 369 g/mol. The van der Waals surface area contributed by atoms with E-state index in [1.807, 2.05) is 44.2 Å². The van der Waals surface area contributed by atoms with Gasteiger partial charge in [0.05, 0.1) is 25.4 Å². The smallest absolute Gasteiger partial charge is 0.251 e. The number of carbonyl (C=O) groups is 1. The van der Waals surface area contributed by atoms with Crippen LogP contribution < -0.4 is 14.8 Å². The first-order valence-corrected chi connectivity index (χ1v) is 9.40. The van der Waals surface area contributed by atoms with Crippen LogP contribution in [0.2, 0.25) is 0 Å². The zero-order valence-electron chi connectivity index (χ0n) is 16.1. The fourth-order valence-electron chi connectivity index (χ4n) is 3.30. The molecule has 2 aromatic carbocycles. The van der Waals surface area contributed by atoms with Crippen molar-refractivity contribution in [2.24, 2.45) is 0 Å². The lowest BCUT2D eigenvalue weighted by atomic mass is 9.99. The molecule has 1 fully saturated rings. The van der Waals surface area contributed by atoms with Gasteiger partial charge in [0.2, 0.25) is 0 Å². The third kappa shape index (κ3) is 4.80. The molecule has 0 saturated carbocycles. The van der Waals surface area contributed by atoms with Gasteiger partial charge in [-0.15, -0.1) is 0 Å². The minimum atomic E-state index is -0.182. The van der Waals surface area contributed by atoms with Crippen molar-refractivity contribution in [1.82, 2.24) is 5.32 Å². The Kier molecular flexibility index (Phi) is 6.35. The topological polar surface area (TPSA) is 56.8 Å². The molecular formula is C22H27NO4. The summed E-state index contributed by atoms with van der Waals surface area (Å²) >= 11 is 0. The second-order valence-electron chi connectivity index (χ2n) is 6.95. The molecule has 1 heterocycles. The molecule has 0 aliphatic carbocycles. The summed E-state index contributed by atoms with van der Waals surface area (Å²) in [4.78, 5) is 12.9. The van der Waals surface area contributed by atoms with Gasteiger partial charge in [0.1, 0.15) is 0 Å². The number of nitrogens with one attached hydrogen (secondary N) is 1. The predicted octanol–water partition coefficient (Wildman–Crippen LogP) is 4.13. The maximum absolute atomic E-state index is 12.9. The van der Waals surface area contributed by atoms with Gasteiger partial charge in [-0.25, -0.2) is 0 Å². The molecule has 0 bridgehead atoms. The highest BCUT2D eigenvalue weighted by molar-refractivity contribution is 5.95. The van der Waals surface area contributed by atoms with Crippen molar-refractivity contribution >= 4 is 5.91 Å². The average molecular weight is 369 g/mol. The van der Waals surface area contributed by atoms with E-state index in [1.54, 1.807) is 25.3 Å². The second kappa shape index (κ2) is 8.91. The van der Waals surface area contributed by atoms with E-state index < -0.39 is 0 Å². The summed E-state index contributed by atoms with van der Waals surface area (Å²) in [6.07, 6.45) is 1.96. The van der Waals surface area contributed by atoms with Crippen LogP contribution in [0.3, 0.4) is 0 Å². The van der Waals surface area contributed by atoms with Gasteiger partial charge in [0, 0.05) is 12.2 Å². The van der Waals surface area contributed by atoms with E-state index in [1.165, 1.54) is 0 Å². The van der Waals surface area contributed by atoms with Gasteiger partial charge >= 0.3 is 0 Å². The maximum Gasteiger partial charge on any atom is 0.251 e. The van der Waals surface area contributed by atoms with Crippen LogP contribution in [0.4, 0.5) is 0 Å². The number of hydrogen-bond acceptors (Lipinski definition) is 4. The third-order valence-corrected chi connectivity index (χ3v) is 4.57. The Balaban J connectivity index is 1.81. The normalized spacial score (nSPS) is 17.6. The molecule has 2 aromatic rings. The van der Waals surface area contributed by atoms with Crippen molar-refractivity contribution in [2.75, 3.05) is 13.7 Å². The number of methoxy groups -OCH3 is 1. The lowest BCUT2D eigenvalue weighted by molar-refractivity contribution is 0.0672. The van der Waals surface area contributed by atoms with Crippen molar-refractivity contribution in [3.8, 4) is 11.5 Å². The number of amides is 1. The van der Waals surface area contributed by atoms with E-state index in [4.69, 9.17) is 14.2 Å². The molecule has 27 heavy (non-hydrogen) atoms. The fourth-order valence-corrected chi connectivity index (χ4v) is 3.30. The summed E-state index contributed by atoms with van der Waals surface area (Å²) in [5, 5.41) is 3.14. The van der Waals surface area contributed by atoms with E-state index in [9.17, 15) is 4.79 Å². The van der Waals surface area contributed by atoms with Crippen LogP contribution in [-0.4, -0.2) is 31.8 Å². The van der Waals surface area contributed by atoms with Crippen LogP contribution in [0.25, 0.3) is 0 Å². The summed E-state index contributed by atoms with van der Waals surface area (Å²) in [5.41, 5.74) is 1.58. The molecule has 5 nitrogen and oxygen atoms in total. The third-order valence-electron chi connectivity index (χ3n) is 4.57. The molecule has 1 saturated heterocycles. The van der Waals surface area contributed by atoms with E-state index in [0.717, 1.165) is 25.0 Å². The Morgan fingerprint density at radius 2 is 1.93 bits per heavy atom. The Labute approximate surface area is 160 Å². The number of rotatable bonds is 7. The van der Waals surface area contributed by atoms with Gasteiger partial charge in [-0.1, -0.05) is 30.3 Å². The highest BCUT2D eigenvalue weighted by atomic mass is 16.5. The number of ether oxygens (including phenoxy) is 3. The molecule has 2 atom stereocenters. The highest BCUT2D eigenvalue weighted by Crippen LogP contribution is 2.30. The lowest BCUT2D eigenvalue weighted by Crippen LogP contribution is -2.36. The minimum absolute atomic E-state index is 0.0122. The number of carbonyl (C=O) groups excluding carboxylic acids is 1. The average Bonchev–Trinajstić information content (AvgIpc) is 3.21. The first kappa shape index (κ1) is 19.2. The Hall–Kier alpha value is -2.53. The quantitative estimate of drug-likeness (QED) is 0.797. The van der Waals surface area contributed by atoms with Crippen LogP contribution in [0.5, 0.6) is 11.5 Å². The highest BCUT2D eigenvalue weighted by Gasteiger charge is 2.29. The van der Waals surface area contributed by atoms with Crippen molar-refractivity contribution in [3.63, 3.8) is 0 Å². The summed E-state index contributed by atoms with van der Waals surface area (Å²) in [5.74, 6) is 1.02. The van der Waals surface area contributed by atoms with Crippen LogP contribution in [0, 0.1) is 0 Å². The maximum atomic E-state index is 12.9. The van der Waals surface area contributed by atoms with Gasteiger partial charge in [0.25, 0.3) is 5.91 Å². The molecule has 1 aliphatic heterocycles. The first-order chi connectivity index (χ1) is 13.1. The Morgan fingerprint density at radius 1 is 1.15 bits per heavy atom. The van der Waals surface area contributed by atoms with E-state index in [0.29, 0.717) is 17.1 Å². The van der Waals surface area contributed by atoms with Gasteiger partial charge < -0.3 is 19.5 Å². The summed E-state index contributed by atoms with van der Waals surface area (Å²) in [6, 6.07) is 15.0. The molecule has 0 aromatic heterocycles. The molecule has 1 N–H and O–H groups in total. The van der Waals surface area contributed by atoms with E-state index >= 15 is 0 Å². The van der Waals surface area contributed by atoms with Crippen molar-refractivity contribution in [1.29, 1.82) is 0 Å². The molecule has 5 heteroatoms. The van der Waals surface area contributed by atoms with Crippen LogP contribution in [-0.2, 0) is 4.74 Å². The van der Waals surface area contributed by atoms with Crippen molar-refractivity contribution in [3.05, 3.63) is 59.7 Å². The lowest BCUT2D eigenvalue weighted by Gasteiger charge is -2.25. The molecular weight excluding hydrogens is 342 g/mol. The predicted molar refractivity (Wildman–Crippen MR) is 104 cm³/mol. The van der Waals surface area contributed by atoms with Gasteiger partial charge in [-0.3, -0.25) is 4.79 Å². The molecule has 1 aliphatic rings. The summed E-state index contributed by atoms with van der Waals surface area (Å²) in [7, 11) is 1.57. The van der Waals surface area contributed by atoms with Crippen molar-refractivity contribution < 1.29 is 19.0 Å². The summed E-state index contributed by atoms with van der Waals surface area (Å²) < 4.78 is 17.0. The van der Waals surface area contributed by atoms with Gasteiger partial charge in [-0.2, -0.15) is 0 Å². The molecule has 0 radical (unpaired) electrons. The largest absolute Gasteiger partial charge is 0.493 e. The molecule has 0 spiro atoms. The fraction of sp³-hybridized carbons (Fsp3) is 0.409. The van der Waals surface area contributed by atoms with Gasteiger partial charge in [-0.05, 0) is 50.5 Å². The first-order valence-electron chi connectivity index (χ1n) is 9.40. The molecule has 144 valence electrons. The van der Waals surface area contributed by atoms with Crippen LogP contribution >= 0.6 is 0 Å². The summed E-state index contributed by atoms with van der Waals surface area (Å²) in [6.45, 7) is 4.64. The van der Waals surface area contributed by atoms with E-state index in [-0.39, 0.29) is 24.2 Å². The number of benzene rings is 2. The van der Waals surface area contributed by atoms with Crippen LogP contribution in [0.1, 0.15) is 48.7 Å². The Bertz CT molecular complexity index is 754. The van der Waals surface area contributed by atoms with Gasteiger partial charge in [0.15, 0.2) is 11.5 Å². The second-order valence-corrected chi connectivity index (χ2v) is 6.95. The molecule has 3 rings (SSSR count). The number of hydrogen-bond donors (Lipinski definition) is 1. The zero-order valence-corrected chi connectivity index (χ0v) is 16.1. The van der Waals surface area contributed by atoms with Crippen LogP contribution in [0.15, 0.2) is 48.5 Å². The van der Waals surface area contributed by atoms with Crippen molar-refractivity contribution in [2.45, 2.75) is 44.9 Å². The standard InChI is InChI=1S/C22H27NO4/c1-15(2)27-18-12-11-17(14-20(18)25-3)22(24)23-21(19-10-7-13-26-19)16-8-5-4-6-9-16/h4-6,8-9,11-12,14-15,19,21H,7,10,13H2,1-3H3,(H,23,24)/t19-,21-/m0/s1. The SMILES string of the molecule is COc1cc(C(=O)N[C@@H](c2ccccc2)[C@@H]2CCCO2)ccc1OC(C)C. The van der Waals surface area contributed by atoms with E-state index in [2.05, 4.69) is 5.32 Å². The minimum Gasteiger partial charge on any atom is -0.493 e. The zero-order chi connectivity index (χ0) is 19.2. The molecule has 0 unspecified atom stereocenters. The Morgan fingerprint density at radius 3 is 2.56 bits per heavy atom.